The van der Waals surface area contributed by atoms with E-state index in [0.29, 0.717) is 11.1 Å². The number of thiophene rings is 2. The second-order valence-corrected chi connectivity index (χ2v) is 9.22. The lowest BCUT2D eigenvalue weighted by molar-refractivity contribution is 0.389. The van der Waals surface area contributed by atoms with Crippen molar-refractivity contribution < 1.29 is 0 Å². The molecular formula is C19H22ClN3S2. The Morgan fingerprint density at radius 3 is 2.96 bits per heavy atom. The van der Waals surface area contributed by atoms with Gasteiger partial charge in [0.05, 0.1) is 15.9 Å². The molecule has 0 amide bonds. The quantitative estimate of drug-likeness (QED) is 0.543. The van der Waals surface area contributed by atoms with E-state index in [2.05, 4.69) is 34.7 Å². The number of nitrogens with one attached hydrogen (secondary N) is 1. The number of rotatable bonds is 4. The Balaban J connectivity index is 1.72. The van der Waals surface area contributed by atoms with Gasteiger partial charge in [-0.1, -0.05) is 30.5 Å². The van der Waals surface area contributed by atoms with Gasteiger partial charge >= 0.3 is 0 Å². The molecule has 3 nitrogen and oxygen atoms in total. The van der Waals surface area contributed by atoms with Crippen molar-refractivity contribution in [3.05, 3.63) is 44.1 Å². The number of aromatic nitrogens is 1. The highest BCUT2D eigenvalue weighted by atomic mass is 35.5. The first-order valence-electron chi connectivity index (χ1n) is 8.75. The predicted octanol–water partition coefficient (Wildman–Crippen LogP) is 5.92. The lowest BCUT2D eigenvalue weighted by atomic mass is 9.83. The van der Waals surface area contributed by atoms with Gasteiger partial charge in [-0.05, 0) is 36.8 Å². The van der Waals surface area contributed by atoms with Gasteiger partial charge in [0.1, 0.15) is 5.15 Å². The van der Waals surface area contributed by atoms with E-state index in [4.69, 9.17) is 17.3 Å². The van der Waals surface area contributed by atoms with E-state index in [1.165, 1.54) is 39.3 Å². The maximum atomic E-state index is 6.44. The van der Waals surface area contributed by atoms with Crippen molar-refractivity contribution in [3.8, 4) is 0 Å². The van der Waals surface area contributed by atoms with Crippen LogP contribution in [0.5, 0.6) is 0 Å². The van der Waals surface area contributed by atoms with Crippen molar-refractivity contribution in [3.63, 3.8) is 0 Å². The summed E-state index contributed by atoms with van der Waals surface area (Å²) >= 11 is 9.92. The Labute approximate surface area is 161 Å². The maximum absolute atomic E-state index is 6.44. The normalized spacial score (nSPS) is 20.9. The molecule has 1 saturated carbocycles. The minimum absolute atomic E-state index is 0.263. The first-order chi connectivity index (χ1) is 12.1. The van der Waals surface area contributed by atoms with Crippen molar-refractivity contribution >= 4 is 50.2 Å². The van der Waals surface area contributed by atoms with Gasteiger partial charge in [0.15, 0.2) is 0 Å². The third-order valence-electron chi connectivity index (χ3n) is 5.07. The summed E-state index contributed by atoms with van der Waals surface area (Å²) in [6.07, 6.45) is 4.82. The molecule has 4 rings (SSSR count). The van der Waals surface area contributed by atoms with E-state index in [-0.39, 0.29) is 6.04 Å². The molecule has 0 radical (unpaired) electrons. The summed E-state index contributed by atoms with van der Waals surface area (Å²) in [5, 5.41) is 6.20. The molecule has 132 valence electrons. The maximum Gasteiger partial charge on any atom is 0.131 e. The molecule has 0 spiro atoms. The van der Waals surface area contributed by atoms with E-state index < -0.39 is 0 Å². The lowest BCUT2D eigenvalue weighted by Crippen LogP contribution is -2.31. The highest BCUT2D eigenvalue weighted by molar-refractivity contribution is 7.20. The summed E-state index contributed by atoms with van der Waals surface area (Å²) < 4.78 is 1.20. The summed E-state index contributed by atoms with van der Waals surface area (Å²) in [5.74, 6) is 0.455. The van der Waals surface area contributed by atoms with E-state index in [1.807, 2.05) is 17.4 Å². The summed E-state index contributed by atoms with van der Waals surface area (Å²) in [4.78, 5) is 7.33. The fourth-order valence-corrected chi connectivity index (χ4v) is 6.02. The molecule has 0 aromatic carbocycles. The topological polar surface area (TPSA) is 50.9 Å². The largest absolute Gasteiger partial charge is 0.379 e. The average molecular weight is 392 g/mol. The Kier molecular flexibility index (Phi) is 5.00. The highest BCUT2D eigenvalue weighted by Gasteiger charge is 2.28. The first-order valence-corrected chi connectivity index (χ1v) is 10.8. The van der Waals surface area contributed by atoms with Crippen LogP contribution in [-0.4, -0.2) is 11.0 Å². The highest BCUT2D eigenvalue weighted by Crippen LogP contribution is 2.43. The van der Waals surface area contributed by atoms with E-state index in [0.717, 1.165) is 24.2 Å². The SMILES string of the molecule is Cc1c([C@H]2CCCC[C@H]2N)sc2c(NCc3cccs3)cc(Cl)nc12. The second kappa shape index (κ2) is 7.23. The number of nitrogens with two attached hydrogens (primary N) is 1. The van der Waals surface area contributed by atoms with Crippen molar-refractivity contribution in [1.29, 1.82) is 0 Å². The van der Waals surface area contributed by atoms with Crippen molar-refractivity contribution in [2.45, 2.75) is 51.1 Å². The van der Waals surface area contributed by atoms with E-state index in [9.17, 15) is 0 Å². The monoisotopic (exact) mass is 391 g/mol. The zero-order valence-electron chi connectivity index (χ0n) is 14.2. The summed E-state index contributed by atoms with van der Waals surface area (Å²) in [6.45, 7) is 2.98. The van der Waals surface area contributed by atoms with Gasteiger partial charge in [0, 0.05) is 34.3 Å². The van der Waals surface area contributed by atoms with Gasteiger partial charge in [-0.15, -0.1) is 22.7 Å². The molecule has 3 aromatic heterocycles. The minimum atomic E-state index is 0.263. The zero-order chi connectivity index (χ0) is 17.4. The number of anilines is 1. The van der Waals surface area contributed by atoms with Crippen LogP contribution in [0.25, 0.3) is 10.2 Å². The number of hydrogen-bond acceptors (Lipinski definition) is 5. The third kappa shape index (κ3) is 3.43. The van der Waals surface area contributed by atoms with Crippen molar-refractivity contribution in [2.24, 2.45) is 5.73 Å². The zero-order valence-corrected chi connectivity index (χ0v) is 16.6. The average Bonchev–Trinajstić information content (AvgIpc) is 3.22. The molecule has 0 aliphatic heterocycles. The number of fused-ring (bicyclic) bond motifs is 1. The van der Waals surface area contributed by atoms with Crippen LogP contribution in [0.3, 0.4) is 0 Å². The lowest BCUT2D eigenvalue weighted by Gasteiger charge is -2.28. The Morgan fingerprint density at radius 1 is 1.36 bits per heavy atom. The van der Waals surface area contributed by atoms with Gasteiger partial charge < -0.3 is 11.1 Å². The summed E-state index contributed by atoms with van der Waals surface area (Å²) in [5.41, 5.74) is 9.80. The molecule has 3 aromatic rings. The van der Waals surface area contributed by atoms with Gasteiger partial charge in [0.25, 0.3) is 0 Å². The molecule has 2 atom stereocenters. The molecule has 25 heavy (non-hydrogen) atoms. The number of pyridine rings is 1. The molecule has 0 bridgehead atoms. The van der Waals surface area contributed by atoms with Crippen LogP contribution in [0, 0.1) is 6.92 Å². The standard InChI is InChI=1S/C19H22ClN3S2/c1-11-17-19(25-18(11)13-6-2-3-7-14(13)21)15(9-16(20)23-17)22-10-12-5-4-8-24-12/h4-5,8-9,13-14H,2-3,6-7,10,21H2,1H3,(H,22,23)/t13-,14+/m0/s1. The fourth-order valence-electron chi connectivity index (χ4n) is 3.73. The smallest absolute Gasteiger partial charge is 0.131 e. The van der Waals surface area contributed by atoms with Crippen LogP contribution < -0.4 is 11.1 Å². The van der Waals surface area contributed by atoms with Gasteiger partial charge in [-0.3, -0.25) is 0 Å². The fraction of sp³-hybridized carbons (Fsp3) is 0.421. The molecule has 3 N–H and O–H groups in total. The van der Waals surface area contributed by atoms with Gasteiger partial charge in [0.2, 0.25) is 0 Å². The van der Waals surface area contributed by atoms with Crippen LogP contribution in [0.1, 0.15) is 46.9 Å². The van der Waals surface area contributed by atoms with E-state index >= 15 is 0 Å². The van der Waals surface area contributed by atoms with Gasteiger partial charge in [-0.25, -0.2) is 4.98 Å². The summed E-state index contributed by atoms with van der Waals surface area (Å²) in [6, 6.07) is 6.43. The van der Waals surface area contributed by atoms with Crippen LogP contribution >= 0.6 is 34.3 Å². The third-order valence-corrected chi connectivity index (χ3v) is 7.58. The number of nitrogens with zero attached hydrogens (tertiary/aromatic N) is 1. The van der Waals surface area contributed by atoms with Crippen LogP contribution in [0.2, 0.25) is 5.15 Å². The van der Waals surface area contributed by atoms with Crippen molar-refractivity contribution in [1.82, 2.24) is 4.98 Å². The van der Waals surface area contributed by atoms with Crippen LogP contribution in [0.15, 0.2) is 23.6 Å². The van der Waals surface area contributed by atoms with Crippen LogP contribution in [0.4, 0.5) is 5.69 Å². The van der Waals surface area contributed by atoms with Crippen molar-refractivity contribution in [2.75, 3.05) is 5.32 Å². The first kappa shape index (κ1) is 17.3. The molecule has 3 heterocycles. The molecule has 6 heteroatoms. The Morgan fingerprint density at radius 2 is 2.20 bits per heavy atom. The summed E-state index contributed by atoms with van der Waals surface area (Å²) in [7, 11) is 0. The molecule has 1 aliphatic carbocycles. The molecule has 1 aliphatic rings. The van der Waals surface area contributed by atoms with Crippen LogP contribution in [-0.2, 0) is 6.54 Å². The molecule has 1 fully saturated rings. The van der Waals surface area contributed by atoms with E-state index in [1.54, 1.807) is 11.3 Å². The molecule has 0 saturated heterocycles. The number of hydrogen-bond donors (Lipinski definition) is 2. The predicted molar refractivity (Wildman–Crippen MR) is 110 cm³/mol. The number of halogens is 1. The molecule has 0 unspecified atom stereocenters. The minimum Gasteiger partial charge on any atom is -0.379 e. The Bertz CT molecular complexity index is 873. The number of aryl methyl sites for hydroxylation is 1. The molecular weight excluding hydrogens is 370 g/mol. The Hall–Kier alpha value is -1.14. The van der Waals surface area contributed by atoms with Gasteiger partial charge in [-0.2, -0.15) is 0 Å². The second-order valence-electron chi connectivity index (χ2n) is 6.75.